The van der Waals surface area contributed by atoms with Crippen molar-refractivity contribution in [3.63, 3.8) is 0 Å². The van der Waals surface area contributed by atoms with E-state index in [1.165, 1.54) is 0 Å². The van der Waals surface area contributed by atoms with Crippen molar-refractivity contribution < 1.29 is 28.7 Å². The monoisotopic (exact) mass is 438 g/mol. The summed E-state index contributed by atoms with van der Waals surface area (Å²) >= 11 is 0. The number of β-lactam (4-membered cyclic amide) rings is 1. The molecule has 2 aromatic carbocycles. The molecule has 32 heavy (non-hydrogen) atoms. The minimum absolute atomic E-state index is 0.0294. The number of hydrogen-bond donors (Lipinski definition) is 1. The van der Waals surface area contributed by atoms with Gasteiger partial charge in [0.2, 0.25) is 5.91 Å². The van der Waals surface area contributed by atoms with E-state index < -0.39 is 29.9 Å². The second kappa shape index (κ2) is 10.6. The fourth-order valence-electron chi connectivity index (χ4n) is 3.66. The van der Waals surface area contributed by atoms with Gasteiger partial charge in [0, 0.05) is 6.42 Å². The molecule has 3 amide bonds. The predicted molar refractivity (Wildman–Crippen MR) is 116 cm³/mol. The van der Waals surface area contributed by atoms with Gasteiger partial charge in [-0.2, -0.15) is 0 Å². The first-order valence-electron chi connectivity index (χ1n) is 10.4. The number of urea groups is 1. The minimum Gasteiger partial charge on any atom is -0.497 e. The Morgan fingerprint density at radius 2 is 1.81 bits per heavy atom. The van der Waals surface area contributed by atoms with Gasteiger partial charge in [-0.15, -0.1) is 0 Å². The predicted octanol–water partition coefficient (Wildman–Crippen LogP) is 3.02. The lowest BCUT2D eigenvalue weighted by Crippen LogP contribution is -2.68. The largest absolute Gasteiger partial charge is 0.497 e. The quantitative estimate of drug-likeness (QED) is 0.367. The van der Waals surface area contributed by atoms with Crippen LogP contribution in [0.1, 0.15) is 36.9 Å². The van der Waals surface area contributed by atoms with E-state index in [-0.39, 0.29) is 19.1 Å². The molecule has 1 aliphatic rings. The number of aldehydes is 1. The molecule has 168 valence electrons. The molecule has 0 spiro atoms. The van der Waals surface area contributed by atoms with Gasteiger partial charge in [-0.3, -0.25) is 4.79 Å². The third-order valence-corrected chi connectivity index (χ3v) is 5.47. The second-order valence-electron chi connectivity index (χ2n) is 7.44. The molecule has 0 aromatic heterocycles. The standard InChI is InChI=1S/C24H26N2O6/c1-3-20(17-7-5-4-6-8-17)25-24(30)26-21(19(13-14-27)22(26)28)23(29)32-15-16-9-11-18(31-2)12-10-16/h4-12,14,19-21H,3,13,15H2,1-2H3,(H,25,30)/t19-,20?,21?/m0/s1. The minimum atomic E-state index is -1.14. The van der Waals surface area contributed by atoms with E-state index in [1.807, 2.05) is 37.3 Å². The maximum absolute atomic E-state index is 12.9. The van der Waals surface area contributed by atoms with Gasteiger partial charge >= 0.3 is 12.0 Å². The summed E-state index contributed by atoms with van der Waals surface area (Å²) in [5, 5.41) is 2.81. The summed E-state index contributed by atoms with van der Waals surface area (Å²) < 4.78 is 10.5. The van der Waals surface area contributed by atoms with E-state index in [2.05, 4.69) is 5.32 Å². The lowest BCUT2D eigenvalue weighted by atomic mass is 9.85. The van der Waals surface area contributed by atoms with Crippen molar-refractivity contribution in [3.8, 4) is 5.75 Å². The van der Waals surface area contributed by atoms with Crippen LogP contribution >= 0.6 is 0 Å². The smallest absolute Gasteiger partial charge is 0.330 e. The SMILES string of the molecule is CCC(NC(=O)N1C(=O)[C@@H](CC=O)C1C(=O)OCc1ccc(OC)cc1)c1ccccc1. The zero-order chi connectivity index (χ0) is 23.1. The Hall–Kier alpha value is -3.68. The Morgan fingerprint density at radius 3 is 2.41 bits per heavy atom. The topological polar surface area (TPSA) is 102 Å². The van der Waals surface area contributed by atoms with Crippen molar-refractivity contribution in [2.75, 3.05) is 7.11 Å². The third kappa shape index (κ3) is 4.96. The van der Waals surface area contributed by atoms with Crippen LogP contribution < -0.4 is 10.1 Å². The molecule has 0 aliphatic carbocycles. The zero-order valence-corrected chi connectivity index (χ0v) is 18.0. The van der Waals surface area contributed by atoms with Gasteiger partial charge in [0.05, 0.1) is 19.1 Å². The molecule has 2 unspecified atom stereocenters. The highest BCUT2D eigenvalue weighted by Crippen LogP contribution is 2.31. The highest BCUT2D eigenvalue weighted by atomic mass is 16.5. The van der Waals surface area contributed by atoms with Crippen LogP contribution in [0.2, 0.25) is 0 Å². The van der Waals surface area contributed by atoms with Crippen LogP contribution in [0.5, 0.6) is 5.75 Å². The highest BCUT2D eigenvalue weighted by Gasteiger charge is 2.55. The molecule has 2 aromatic rings. The second-order valence-corrected chi connectivity index (χ2v) is 7.44. The summed E-state index contributed by atoms with van der Waals surface area (Å²) in [4.78, 5) is 50.0. The van der Waals surface area contributed by atoms with Crippen molar-refractivity contribution in [1.82, 2.24) is 10.2 Å². The number of amides is 3. The van der Waals surface area contributed by atoms with Gasteiger partial charge in [-0.25, -0.2) is 14.5 Å². The molecule has 0 bridgehead atoms. The molecule has 1 N–H and O–H groups in total. The maximum atomic E-state index is 12.9. The number of carbonyl (C=O) groups excluding carboxylic acids is 4. The number of nitrogens with one attached hydrogen (secondary N) is 1. The van der Waals surface area contributed by atoms with Crippen molar-refractivity contribution in [3.05, 3.63) is 65.7 Å². The number of rotatable bonds is 9. The summed E-state index contributed by atoms with van der Waals surface area (Å²) in [5.41, 5.74) is 1.61. The first kappa shape index (κ1) is 23.0. The van der Waals surface area contributed by atoms with Crippen LogP contribution in [0.4, 0.5) is 4.79 Å². The van der Waals surface area contributed by atoms with E-state index in [0.717, 1.165) is 16.0 Å². The number of ether oxygens (including phenoxy) is 2. The molecule has 8 nitrogen and oxygen atoms in total. The number of carbonyl (C=O) groups is 4. The number of likely N-dealkylation sites (tertiary alicyclic amines) is 1. The van der Waals surface area contributed by atoms with Crippen molar-refractivity contribution in [2.24, 2.45) is 5.92 Å². The van der Waals surface area contributed by atoms with Gasteiger partial charge in [-0.1, -0.05) is 49.4 Å². The van der Waals surface area contributed by atoms with Crippen LogP contribution in [-0.4, -0.2) is 42.2 Å². The Labute approximate surface area is 186 Å². The van der Waals surface area contributed by atoms with E-state index in [0.29, 0.717) is 18.5 Å². The lowest BCUT2D eigenvalue weighted by Gasteiger charge is -2.43. The molecule has 8 heteroatoms. The average molecular weight is 438 g/mol. The van der Waals surface area contributed by atoms with Crippen LogP contribution in [0.15, 0.2) is 54.6 Å². The molecular weight excluding hydrogens is 412 g/mol. The van der Waals surface area contributed by atoms with Crippen LogP contribution in [0.25, 0.3) is 0 Å². The van der Waals surface area contributed by atoms with E-state index in [1.54, 1.807) is 31.4 Å². The Bertz CT molecular complexity index is 960. The molecule has 1 fully saturated rings. The fourth-order valence-corrected chi connectivity index (χ4v) is 3.66. The summed E-state index contributed by atoms with van der Waals surface area (Å²) in [5.74, 6) is -1.53. The van der Waals surface area contributed by atoms with E-state index in [4.69, 9.17) is 9.47 Å². The average Bonchev–Trinajstić information content (AvgIpc) is 2.83. The molecule has 1 aliphatic heterocycles. The molecule has 0 saturated carbocycles. The van der Waals surface area contributed by atoms with E-state index >= 15 is 0 Å². The van der Waals surface area contributed by atoms with Gasteiger partial charge < -0.3 is 19.6 Å². The first-order valence-corrected chi connectivity index (χ1v) is 10.4. The number of benzene rings is 2. The van der Waals surface area contributed by atoms with Crippen molar-refractivity contribution in [2.45, 2.75) is 38.5 Å². The molecule has 1 heterocycles. The number of methoxy groups -OCH3 is 1. The number of hydrogen-bond acceptors (Lipinski definition) is 6. The van der Waals surface area contributed by atoms with Crippen molar-refractivity contribution in [1.29, 1.82) is 0 Å². The summed E-state index contributed by atoms with van der Waals surface area (Å²) in [6.07, 6.45) is 1.02. The summed E-state index contributed by atoms with van der Waals surface area (Å²) in [6.45, 7) is 1.88. The number of imide groups is 1. The Kier molecular flexibility index (Phi) is 7.59. The summed E-state index contributed by atoms with van der Waals surface area (Å²) in [7, 11) is 1.55. The Balaban J connectivity index is 1.69. The fraction of sp³-hybridized carbons (Fsp3) is 0.333. The van der Waals surface area contributed by atoms with Gasteiger partial charge in [0.25, 0.3) is 0 Å². The van der Waals surface area contributed by atoms with Crippen LogP contribution in [0.3, 0.4) is 0 Å². The molecule has 3 rings (SSSR count). The molecular formula is C24H26N2O6. The maximum Gasteiger partial charge on any atom is 0.330 e. The first-order chi connectivity index (χ1) is 15.5. The normalized spacial score (nSPS) is 18.3. The van der Waals surface area contributed by atoms with Gasteiger partial charge in [0.15, 0.2) is 6.04 Å². The highest BCUT2D eigenvalue weighted by molar-refractivity contribution is 6.08. The van der Waals surface area contributed by atoms with Crippen molar-refractivity contribution >= 4 is 24.2 Å². The number of esters is 1. The third-order valence-electron chi connectivity index (χ3n) is 5.47. The zero-order valence-electron chi connectivity index (χ0n) is 18.0. The Morgan fingerprint density at radius 1 is 1.12 bits per heavy atom. The van der Waals surface area contributed by atoms with Crippen LogP contribution in [0, 0.1) is 5.92 Å². The molecule has 3 atom stereocenters. The van der Waals surface area contributed by atoms with Crippen LogP contribution in [-0.2, 0) is 25.7 Å². The summed E-state index contributed by atoms with van der Waals surface area (Å²) in [6, 6.07) is 14.2. The van der Waals surface area contributed by atoms with Gasteiger partial charge in [-0.05, 0) is 29.7 Å². The van der Waals surface area contributed by atoms with Gasteiger partial charge in [0.1, 0.15) is 18.6 Å². The number of nitrogens with zero attached hydrogens (tertiary/aromatic N) is 1. The lowest BCUT2D eigenvalue weighted by molar-refractivity contribution is -0.170. The molecule has 0 radical (unpaired) electrons. The molecule has 1 saturated heterocycles. The van der Waals surface area contributed by atoms with E-state index in [9.17, 15) is 19.2 Å².